The highest BCUT2D eigenvalue weighted by molar-refractivity contribution is 5.85. The standard InChI is InChI=1S/C39H30N2/c1-29(24-30-25-35(31-14-6-2-7-15-31)27-36(26-30)32-16-8-3-9-17-32)40-41-37-22-23-38(33-18-10-4-11-19-33)39(28-37)34-20-12-5-13-21-34/h2-28H,1H3. The molecule has 0 aliphatic rings. The van der Waals surface area contributed by atoms with Gasteiger partial charge in [0.2, 0.25) is 0 Å². The van der Waals surface area contributed by atoms with Gasteiger partial charge in [-0.25, -0.2) is 0 Å². The zero-order chi connectivity index (χ0) is 27.9. The summed E-state index contributed by atoms with van der Waals surface area (Å²) < 4.78 is 0. The first kappa shape index (κ1) is 25.9. The third-order valence-corrected chi connectivity index (χ3v) is 7.04. The summed E-state index contributed by atoms with van der Waals surface area (Å²) in [5.74, 6) is 0. The molecule has 0 spiro atoms. The van der Waals surface area contributed by atoms with Crippen LogP contribution in [0.2, 0.25) is 0 Å². The number of rotatable bonds is 7. The van der Waals surface area contributed by atoms with E-state index in [1.807, 2.05) is 37.3 Å². The summed E-state index contributed by atoms with van der Waals surface area (Å²) >= 11 is 0. The van der Waals surface area contributed by atoms with E-state index in [0.29, 0.717) is 0 Å². The molecule has 2 heteroatoms. The fourth-order valence-corrected chi connectivity index (χ4v) is 5.06. The van der Waals surface area contributed by atoms with Gasteiger partial charge in [0.15, 0.2) is 0 Å². The van der Waals surface area contributed by atoms with Crippen LogP contribution in [0.3, 0.4) is 0 Å². The Kier molecular flexibility index (Phi) is 7.73. The molecule has 0 fully saturated rings. The van der Waals surface area contributed by atoms with Crippen molar-refractivity contribution in [1.29, 1.82) is 0 Å². The van der Waals surface area contributed by atoms with Crippen LogP contribution in [0.25, 0.3) is 50.6 Å². The molecule has 6 rings (SSSR count). The van der Waals surface area contributed by atoms with Crippen LogP contribution in [0.4, 0.5) is 5.69 Å². The van der Waals surface area contributed by atoms with Crippen molar-refractivity contribution < 1.29 is 0 Å². The molecule has 0 saturated carbocycles. The van der Waals surface area contributed by atoms with Gasteiger partial charge in [0, 0.05) is 0 Å². The summed E-state index contributed by atoms with van der Waals surface area (Å²) in [6.07, 6.45) is 2.10. The van der Waals surface area contributed by atoms with Gasteiger partial charge in [-0.05, 0) is 93.4 Å². The number of azo groups is 1. The monoisotopic (exact) mass is 526 g/mol. The summed E-state index contributed by atoms with van der Waals surface area (Å²) in [4.78, 5) is 0. The molecule has 0 heterocycles. The predicted octanol–water partition coefficient (Wildman–Crippen LogP) is 11.5. The van der Waals surface area contributed by atoms with E-state index in [-0.39, 0.29) is 0 Å². The largest absolute Gasteiger partial charge is 0.155 e. The van der Waals surface area contributed by atoms with Crippen molar-refractivity contribution in [1.82, 2.24) is 0 Å². The molecule has 6 aromatic rings. The molecule has 0 N–H and O–H groups in total. The highest BCUT2D eigenvalue weighted by Crippen LogP contribution is 2.35. The van der Waals surface area contributed by atoms with Gasteiger partial charge in [-0.1, -0.05) is 127 Å². The average molecular weight is 527 g/mol. The molecular formula is C39H30N2. The maximum Gasteiger partial charge on any atom is 0.0863 e. The minimum absolute atomic E-state index is 0.819. The van der Waals surface area contributed by atoms with Gasteiger partial charge in [0.05, 0.1) is 11.4 Å². The Bertz CT molecular complexity index is 1750. The van der Waals surface area contributed by atoms with E-state index in [0.717, 1.165) is 28.1 Å². The molecule has 0 amide bonds. The molecule has 41 heavy (non-hydrogen) atoms. The molecule has 6 aromatic carbocycles. The third kappa shape index (κ3) is 6.29. The highest BCUT2D eigenvalue weighted by atomic mass is 15.1. The Morgan fingerprint density at radius 2 is 0.902 bits per heavy atom. The molecule has 0 atom stereocenters. The first-order valence-electron chi connectivity index (χ1n) is 13.8. The zero-order valence-corrected chi connectivity index (χ0v) is 23.0. The minimum atomic E-state index is 0.819. The first-order valence-corrected chi connectivity index (χ1v) is 13.8. The Labute approximate surface area is 242 Å². The second kappa shape index (κ2) is 12.2. The summed E-state index contributed by atoms with van der Waals surface area (Å²) in [6, 6.07) is 54.9. The van der Waals surface area contributed by atoms with Crippen molar-refractivity contribution in [3.05, 3.63) is 169 Å². The number of hydrogen-bond donors (Lipinski definition) is 0. The predicted molar refractivity (Wildman–Crippen MR) is 173 cm³/mol. The van der Waals surface area contributed by atoms with Gasteiger partial charge in [0.1, 0.15) is 0 Å². The van der Waals surface area contributed by atoms with Crippen LogP contribution in [0.15, 0.2) is 174 Å². The lowest BCUT2D eigenvalue weighted by molar-refractivity contribution is 1.14. The van der Waals surface area contributed by atoms with Gasteiger partial charge in [-0.3, -0.25) is 0 Å². The van der Waals surface area contributed by atoms with Crippen LogP contribution in [-0.4, -0.2) is 0 Å². The third-order valence-electron chi connectivity index (χ3n) is 7.04. The second-order valence-corrected chi connectivity index (χ2v) is 10.0. The van der Waals surface area contributed by atoms with Crippen LogP contribution >= 0.6 is 0 Å². The van der Waals surface area contributed by atoms with Gasteiger partial charge < -0.3 is 0 Å². The van der Waals surface area contributed by atoms with Gasteiger partial charge in [-0.2, -0.15) is 10.2 Å². The highest BCUT2D eigenvalue weighted by Gasteiger charge is 2.09. The van der Waals surface area contributed by atoms with Crippen molar-refractivity contribution in [2.24, 2.45) is 10.2 Å². The molecule has 0 unspecified atom stereocenters. The smallest absolute Gasteiger partial charge is 0.0863 e. The fourth-order valence-electron chi connectivity index (χ4n) is 5.06. The van der Waals surface area contributed by atoms with Gasteiger partial charge in [-0.15, -0.1) is 0 Å². The first-order chi connectivity index (χ1) is 20.2. The van der Waals surface area contributed by atoms with Crippen LogP contribution in [0, 0.1) is 0 Å². The molecular weight excluding hydrogens is 496 g/mol. The van der Waals surface area contributed by atoms with Gasteiger partial charge in [0.25, 0.3) is 0 Å². The number of nitrogens with zero attached hydrogens (tertiary/aromatic N) is 2. The van der Waals surface area contributed by atoms with Crippen molar-refractivity contribution in [3.63, 3.8) is 0 Å². The molecule has 0 aliphatic carbocycles. The lowest BCUT2D eigenvalue weighted by Crippen LogP contribution is -1.85. The fraction of sp³-hybridized carbons (Fsp3) is 0.0256. The van der Waals surface area contributed by atoms with Crippen molar-refractivity contribution in [2.45, 2.75) is 6.92 Å². The van der Waals surface area contributed by atoms with Crippen LogP contribution in [-0.2, 0) is 0 Å². The lowest BCUT2D eigenvalue weighted by Gasteiger charge is -2.11. The minimum Gasteiger partial charge on any atom is -0.155 e. The summed E-state index contributed by atoms with van der Waals surface area (Å²) in [6.45, 7) is 2.00. The zero-order valence-electron chi connectivity index (χ0n) is 23.0. The molecule has 0 saturated heterocycles. The van der Waals surface area contributed by atoms with E-state index in [1.54, 1.807) is 0 Å². The normalized spacial score (nSPS) is 11.6. The van der Waals surface area contributed by atoms with Crippen LogP contribution in [0.1, 0.15) is 12.5 Å². The van der Waals surface area contributed by atoms with Crippen LogP contribution in [0.5, 0.6) is 0 Å². The number of allylic oxidation sites excluding steroid dienone is 1. The number of hydrogen-bond acceptors (Lipinski definition) is 2. The molecule has 0 aromatic heterocycles. The van der Waals surface area contributed by atoms with E-state index >= 15 is 0 Å². The summed E-state index contributed by atoms with van der Waals surface area (Å²) in [7, 11) is 0. The van der Waals surface area contributed by atoms with E-state index in [2.05, 4.69) is 144 Å². The van der Waals surface area contributed by atoms with E-state index in [4.69, 9.17) is 0 Å². The van der Waals surface area contributed by atoms with E-state index in [1.165, 1.54) is 33.4 Å². The average Bonchev–Trinajstić information content (AvgIpc) is 3.05. The Balaban J connectivity index is 1.35. The van der Waals surface area contributed by atoms with E-state index < -0.39 is 0 Å². The van der Waals surface area contributed by atoms with Crippen molar-refractivity contribution in [3.8, 4) is 44.5 Å². The summed E-state index contributed by atoms with van der Waals surface area (Å²) in [5.41, 5.74) is 12.1. The quantitative estimate of drug-likeness (QED) is 0.185. The lowest BCUT2D eigenvalue weighted by atomic mass is 9.94. The Hall–Kier alpha value is -5.34. The van der Waals surface area contributed by atoms with Crippen molar-refractivity contribution in [2.75, 3.05) is 0 Å². The van der Waals surface area contributed by atoms with Crippen molar-refractivity contribution >= 4 is 11.8 Å². The van der Waals surface area contributed by atoms with Gasteiger partial charge >= 0.3 is 0 Å². The number of benzene rings is 6. The Morgan fingerprint density at radius 1 is 0.439 bits per heavy atom. The van der Waals surface area contributed by atoms with Crippen LogP contribution < -0.4 is 0 Å². The Morgan fingerprint density at radius 3 is 1.41 bits per heavy atom. The maximum atomic E-state index is 4.64. The molecule has 0 aliphatic heterocycles. The molecule has 196 valence electrons. The SMILES string of the molecule is CC(=Cc1cc(-c2ccccc2)cc(-c2ccccc2)c1)N=Nc1ccc(-c2ccccc2)c(-c2ccccc2)c1. The van der Waals surface area contributed by atoms with E-state index in [9.17, 15) is 0 Å². The molecule has 0 radical (unpaired) electrons. The molecule has 2 nitrogen and oxygen atoms in total. The topological polar surface area (TPSA) is 24.7 Å². The second-order valence-electron chi connectivity index (χ2n) is 10.0. The maximum absolute atomic E-state index is 4.64. The molecule has 0 bridgehead atoms. The summed E-state index contributed by atoms with van der Waals surface area (Å²) in [5, 5.41) is 9.26.